The fraction of sp³-hybridized carbons (Fsp3) is 0.273. The highest BCUT2D eigenvalue weighted by atomic mass is 32.2. The van der Waals surface area contributed by atoms with E-state index in [4.69, 9.17) is 5.10 Å². The Morgan fingerprint density at radius 1 is 1.04 bits per heavy atom. The zero-order chi connectivity index (χ0) is 20.3. The van der Waals surface area contributed by atoms with Crippen LogP contribution in [0, 0.1) is 6.92 Å². The number of carbonyl (C=O) groups is 1. The van der Waals surface area contributed by atoms with Crippen molar-refractivity contribution in [2.75, 3.05) is 16.9 Å². The molecule has 28 heavy (non-hydrogen) atoms. The summed E-state index contributed by atoms with van der Waals surface area (Å²) in [5.74, 6) is 0.631. The zero-order valence-corrected chi connectivity index (χ0v) is 17.7. The van der Waals surface area contributed by atoms with Crippen LogP contribution in [-0.2, 0) is 5.41 Å². The third-order valence-electron chi connectivity index (χ3n) is 4.33. The SMILES string of the molecule is CSc1cc(C)ccc1NC(=O)Nc1cc(C(C)(C)C)nn1-c1ccccc1. The number of carbonyl (C=O) groups excluding carboxylic acids is 1. The lowest BCUT2D eigenvalue weighted by Gasteiger charge is -2.14. The number of aromatic nitrogens is 2. The van der Waals surface area contributed by atoms with Crippen molar-refractivity contribution >= 4 is 29.3 Å². The summed E-state index contributed by atoms with van der Waals surface area (Å²) in [6.07, 6.45) is 2.00. The number of urea groups is 1. The monoisotopic (exact) mass is 394 g/mol. The zero-order valence-electron chi connectivity index (χ0n) is 16.9. The minimum atomic E-state index is -0.295. The molecule has 2 aromatic carbocycles. The maximum absolute atomic E-state index is 12.7. The normalized spacial score (nSPS) is 11.3. The predicted molar refractivity (Wildman–Crippen MR) is 118 cm³/mol. The molecule has 1 aromatic heterocycles. The van der Waals surface area contributed by atoms with Crippen LogP contribution in [0.25, 0.3) is 5.69 Å². The van der Waals surface area contributed by atoms with Crippen LogP contribution in [0.15, 0.2) is 59.5 Å². The molecule has 146 valence electrons. The number of anilines is 2. The average Bonchev–Trinajstić information content (AvgIpc) is 3.08. The van der Waals surface area contributed by atoms with E-state index in [0.717, 1.165) is 27.5 Å². The summed E-state index contributed by atoms with van der Waals surface area (Å²) in [5, 5.41) is 10.6. The number of thioether (sulfide) groups is 1. The maximum atomic E-state index is 12.7. The number of nitrogens with zero attached hydrogens (tertiary/aromatic N) is 2. The fourth-order valence-corrected chi connectivity index (χ4v) is 3.42. The molecule has 0 saturated carbocycles. The van der Waals surface area contributed by atoms with Gasteiger partial charge in [0.1, 0.15) is 5.82 Å². The van der Waals surface area contributed by atoms with Gasteiger partial charge in [0.25, 0.3) is 0 Å². The largest absolute Gasteiger partial charge is 0.324 e. The summed E-state index contributed by atoms with van der Waals surface area (Å²) in [6, 6.07) is 17.4. The van der Waals surface area contributed by atoms with Crippen molar-refractivity contribution in [3.05, 3.63) is 65.9 Å². The van der Waals surface area contributed by atoms with Gasteiger partial charge in [-0.15, -0.1) is 11.8 Å². The van der Waals surface area contributed by atoms with E-state index in [0.29, 0.717) is 5.82 Å². The Morgan fingerprint density at radius 2 is 1.75 bits per heavy atom. The molecule has 0 aliphatic carbocycles. The van der Waals surface area contributed by atoms with Gasteiger partial charge in [-0.1, -0.05) is 45.0 Å². The highest BCUT2D eigenvalue weighted by Crippen LogP contribution is 2.28. The molecule has 0 saturated heterocycles. The topological polar surface area (TPSA) is 59.0 Å². The molecule has 6 heteroatoms. The first-order valence-electron chi connectivity index (χ1n) is 9.16. The van der Waals surface area contributed by atoms with Crippen molar-refractivity contribution < 1.29 is 4.79 Å². The number of nitrogens with one attached hydrogen (secondary N) is 2. The van der Waals surface area contributed by atoms with Crippen LogP contribution in [0.4, 0.5) is 16.3 Å². The van der Waals surface area contributed by atoms with E-state index in [-0.39, 0.29) is 11.4 Å². The minimum absolute atomic E-state index is 0.129. The van der Waals surface area contributed by atoms with Crippen molar-refractivity contribution in [1.29, 1.82) is 0 Å². The summed E-state index contributed by atoms with van der Waals surface area (Å²) in [6.45, 7) is 8.35. The van der Waals surface area contributed by atoms with Crippen LogP contribution < -0.4 is 10.6 Å². The number of benzene rings is 2. The van der Waals surface area contributed by atoms with Crippen LogP contribution in [0.5, 0.6) is 0 Å². The Labute approximate surface area is 170 Å². The van der Waals surface area contributed by atoms with E-state index < -0.39 is 0 Å². The van der Waals surface area contributed by atoms with Gasteiger partial charge >= 0.3 is 6.03 Å². The molecule has 3 aromatic rings. The van der Waals surface area contributed by atoms with Gasteiger partial charge < -0.3 is 5.32 Å². The molecule has 0 atom stereocenters. The van der Waals surface area contributed by atoms with Crippen LogP contribution in [0.2, 0.25) is 0 Å². The van der Waals surface area contributed by atoms with E-state index in [1.807, 2.05) is 61.7 Å². The molecule has 1 heterocycles. The summed E-state index contributed by atoms with van der Waals surface area (Å²) < 4.78 is 1.77. The van der Waals surface area contributed by atoms with Gasteiger partial charge in [0.2, 0.25) is 0 Å². The molecule has 0 bridgehead atoms. The molecule has 3 rings (SSSR count). The molecule has 2 amide bonds. The van der Waals surface area contributed by atoms with Gasteiger partial charge in [-0.2, -0.15) is 5.10 Å². The summed E-state index contributed by atoms with van der Waals surface area (Å²) in [5.41, 5.74) is 3.63. The van der Waals surface area contributed by atoms with E-state index >= 15 is 0 Å². The summed E-state index contributed by atoms with van der Waals surface area (Å²) in [4.78, 5) is 13.7. The molecule has 0 radical (unpaired) electrons. The van der Waals surface area contributed by atoms with Crippen LogP contribution in [0.3, 0.4) is 0 Å². The number of hydrogen-bond acceptors (Lipinski definition) is 3. The molecule has 5 nitrogen and oxygen atoms in total. The Morgan fingerprint density at radius 3 is 2.39 bits per heavy atom. The van der Waals surface area contributed by atoms with Crippen molar-refractivity contribution in [3.63, 3.8) is 0 Å². The van der Waals surface area contributed by atoms with E-state index in [2.05, 4.69) is 37.5 Å². The molecular formula is C22H26N4OS. The average molecular weight is 395 g/mol. The van der Waals surface area contributed by atoms with Crippen LogP contribution >= 0.6 is 11.8 Å². The van der Waals surface area contributed by atoms with E-state index in [1.165, 1.54) is 0 Å². The van der Waals surface area contributed by atoms with Gasteiger partial charge in [0.05, 0.1) is 17.1 Å². The Kier molecular flexibility index (Phi) is 5.79. The second kappa shape index (κ2) is 8.10. The molecular weight excluding hydrogens is 368 g/mol. The first-order chi connectivity index (χ1) is 13.3. The molecule has 0 fully saturated rings. The van der Waals surface area contributed by atoms with Crippen molar-refractivity contribution in [3.8, 4) is 5.69 Å². The minimum Gasteiger partial charge on any atom is -0.307 e. The summed E-state index contributed by atoms with van der Waals surface area (Å²) >= 11 is 1.61. The third kappa shape index (κ3) is 4.57. The predicted octanol–water partition coefficient (Wildman–Crippen LogP) is 5.84. The highest BCUT2D eigenvalue weighted by Gasteiger charge is 2.21. The second-order valence-corrected chi connectivity index (χ2v) is 8.54. The smallest absolute Gasteiger partial charge is 0.307 e. The number of rotatable bonds is 4. The quantitative estimate of drug-likeness (QED) is 0.546. The Balaban J connectivity index is 1.89. The number of aryl methyl sites for hydroxylation is 1. The van der Waals surface area contributed by atoms with Crippen molar-refractivity contribution in [2.45, 2.75) is 38.0 Å². The first-order valence-corrected chi connectivity index (χ1v) is 10.4. The Bertz CT molecular complexity index is 974. The number of hydrogen-bond donors (Lipinski definition) is 2. The van der Waals surface area contributed by atoms with Gasteiger partial charge in [0, 0.05) is 16.4 Å². The Hall–Kier alpha value is -2.73. The number of para-hydroxylation sites is 1. The van der Waals surface area contributed by atoms with Crippen molar-refractivity contribution in [2.24, 2.45) is 0 Å². The van der Waals surface area contributed by atoms with Gasteiger partial charge in [-0.3, -0.25) is 5.32 Å². The van der Waals surface area contributed by atoms with Gasteiger partial charge in [-0.05, 0) is 43.0 Å². The van der Waals surface area contributed by atoms with Crippen LogP contribution in [-0.4, -0.2) is 22.1 Å². The van der Waals surface area contributed by atoms with Crippen molar-refractivity contribution in [1.82, 2.24) is 9.78 Å². The van der Waals surface area contributed by atoms with Gasteiger partial charge in [0.15, 0.2) is 0 Å². The highest BCUT2D eigenvalue weighted by molar-refractivity contribution is 7.98. The van der Waals surface area contributed by atoms with Gasteiger partial charge in [-0.25, -0.2) is 9.48 Å². The van der Waals surface area contributed by atoms with E-state index in [1.54, 1.807) is 16.4 Å². The first kappa shape index (κ1) is 20.0. The lowest BCUT2D eigenvalue weighted by molar-refractivity contribution is 0.262. The summed E-state index contributed by atoms with van der Waals surface area (Å²) in [7, 11) is 0. The van der Waals surface area contributed by atoms with Crippen LogP contribution in [0.1, 0.15) is 32.0 Å². The molecule has 0 aliphatic rings. The van der Waals surface area contributed by atoms with E-state index in [9.17, 15) is 4.79 Å². The lowest BCUT2D eigenvalue weighted by atomic mass is 9.92. The number of amides is 2. The maximum Gasteiger partial charge on any atom is 0.324 e. The second-order valence-electron chi connectivity index (χ2n) is 7.70. The third-order valence-corrected chi connectivity index (χ3v) is 5.10. The standard InChI is InChI=1S/C22H26N4OS/c1-15-11-12-17(18(13-15)28-5)23-21(27)24-20-14-19(22(2,3)4)25-26(20)16-9-7-6-8-10-16/h6-14H,1-5H3,(H2,23,24,27). The fourth-order valence-electron chi connectivity index (χ4n) is 2.77. The molecule has 0 spiro atoms. The molecule has 0 unspecified atom stereocenters. The lowest BCUT2D eigenvalue weighted by Crippen LogP contribution is -2.21. The molecule has 0 aliphatic heterocycles. The molecule has 2 N–H and O–H groups in total.